The maximum atomic E-state index is 3.48. The zero-order chi connectivity index (χ0) is 7.44. The molecule has 0 rings (SSSR count). The molecule has 0 aliphatic rings. The monoisotopic (exact) mass is 165 g/mol. The summed E-state index contributed by atoms with van der Waals surface area (Å²) in [4.78, 5) is 2.19. The lowest BCUT2D eigenvalue weighted by Crippen LogP contribution is -2.34. The first-order chi connectivity index (χ1) is 4.04. The summed E-state index contributed by atoms with van der Waals surface area (Å²) in [7, 11) is 5.26. The average molecular weight is 165 g/mol. The third-order valence-corrected chi connectivity index (χ3v) is 2.61. The Balaban J connectivity index is 3.38. The molecule has 0 amide bonds. The minimum atomic E-state index is 0.628. The van der Waals surface area contributed by atoms with Crippen LogP contribution < -0.4 is 0 Å². The lowest BCUT2D eigenvalue weighted by Gasteiger charge is -2.18. The predicted molar refractivity (Wildman–Crippen MR) is 49.9 cm³/mol. The van der Waals surface area contributed by atoms with Gasteiger partial charge in [0, 0.05) is 19.4 Å². The van der Waals surface area contributed by atoms with E-state index in [1.807, 2.05) is 0 Å². The molecule has 4 heteroatoms. The summed E-state index contributed by atoms with van der Waals surface area (Å²) in [5.41, 5.74) is 0. The Kier molecular flexibility index (Phi) is 4.56. The van der Waals surface area contributed by atoms with E-state index in [0.717, 1.165) is 16.9 Å². The molecular weight excluding hydrogens is 148 g/mol. The molecule has 0 aromatic heterocycles. The first-order valence-corrected chi connectivity index (χ1v) is 4.47. The molecule has 0 aliphatic carbocycles. The van der Waals surface area contributed by atoms with Crippen molar-refractivity contribution in [3.05, 3.63) is 0 Å². The molecule has 9 heavy (non-hydrogen) atoms. The van der Waals surface area contributed by atoms with Crippen molar-refractivity contribution in [2.75, 3.05) is 20.6 Å². The molecule has 0 aromatic rings. The van der Waals surface area contributed by atoms with E-state index in [2.05, 4.69) is 42.7 Å². The fourth-order valence-corrected chi connectivity index (χ4v) is 0.896. The Hall–Kier alpha value is 0.487. The van der Waals surface area contributed by atoms with Crippen LogP contribution >= 0.6 is 0 Å². The molecule has 1 atom stereocenters. The van der Waals surface area contributed by atoms with Crippen molar-refractivity contribution in [2.24, 2.45) is 0 Å². The van der Waals surface area contributed by atoms with Crippen LogP contribution in [0, 0.1) is 0 Å². The van der Waals surface area contributed by atoms with Crippen molar-refractivity contribution in [2.45, 2.75) is 13.0 Å². The number of likely N-dealkylation sites (N-methyl/N-ethyl adjacent to an activating group) is 1. The largest absolute Gasteiger partial charge is 0.308 e. The van der Waals surface area contributed by atoms with E-state index in [0.29, 0.717) is 6.04 Å². The predicted octanol–water partition coefficient (Wildman–Crippen LogP) is -1.55. The maximum absolute atomic E-state index is 3.48. The lowest BCUT2D eigenvalue weighted by atomic mass is 10.3. The molecule has 0 aromatic carbocycles. The second-order valence-corrected chi connectivity index (χ2v) is 5.29. The third-order valence-electron chi connectivity index (χ3n) is 1.29. The van der Waals surface area contributed by atoms with Crippen molar-refractivity contribution in [3.63, 3.8) is 0 Å². The summed E-state index contributed by atoms with van der Waals surface area (Å²) in [6.07, 6.45) is 0. The van der Waals surface area contributed by atoms with Crippen molar-refractivity contribution < 1.29 is 0 Å². The quantitative estimate of drug-likeness (QED) is 0.369. The standard InChI is InChI=1S/C5H16N2SSi/c1-5(7(8)9)4-6(2)3/h5,8H,4H2,1-3,9H3/p+1. The fourth-order valence-electron chi connectivity index (χ4n) is 0.651. The molecule has 0 heterocycles. The van der Waals surface area contributed by atoms with Gasteiger partial charge in [-0.2, -0.15) is 3.97 Å². The number of nitrogens with zero attached hydrogens (tertiary/aromatic N) is 2. The van der Waals surface area contributed by atoms with Crippen LogP contribution in [0.1, 0.15) is 6.92 Å². The molecular formula is C5H17N2SSi+. The fraction of sp³-hybridized carbons (Fsp3) is 1.00. The lowest BCUT2D eigenvalue weighted by molar-refractivity contribution is 0.339. The van der Waals surface area contributed by atoms with Crippen LogP contribution in [0.2, 0.25) is 0 Å². The van der Waals surface area contributed by atoms with Gasteiger partial charge in [-0.25, -0.2) is 0 Å². The summed E-state index contributed by atoms with van der Waals surface area (Å²) in [6, 6.07) is 0.628. The number of rotatable bonds is 3. The molecule has 1 unspecified atom stereocenters. The van der Waals surface area contributed by atoms with Gasteiger partial charge in [-0.3, -0.25) is 0 Å². The summed E-state index contributed by atoms with van der Waals surface area (Å²) in [6.45, 7) is 3.33. The first-order valence-electron chi connectivity index (χ1n) is 3.13. The van der Waals surface area contributed by atoms with Crippen molar-refractivity contribution in [1.82, 2.24) is 8.87 Å². The van der Waals surface area contributed by atoms with Gasteiger partial charge in [0.15, 0.2) is 0 Å². The van der Waals surface area contributed by atoms with Gasteiger partial charge in [-0.1, -0.05) is 0 Å². The van der Waals surface area contributed by atoms with Crippen LogP contribution in [0.25, 0.3) is 0 Å². The summed E-state index contributed by atoms with van der Waals surface area (Å²) in [5, 5.41) is 0. The first kappa shape index (κ1) is 9.49. The van der Waals surface area contributed by atoms with Crippen molar-refractivity contribution >= 4 is 23.2 Å². The topological polar surface area (TPSA) is 6.48 Å². The second kappa shape index (κ2) is 4.33. The number of hydrogen-bond acceptors (Lipinski definition) is 2. The van der Waals surface area contributed by atoms with E-state index in [9.17, 15) is 0 Å². The van der Waals surface area contributed by atoms with Gasteiger partial charge in [0.1, 0.15) is 10.4 Å². The van der Waals surface area contributed by atoms with E-state index >= 15 is 0 Å². The molecule has 2 nitrogen and oxygen atoms in total. The summed E-state index contributed by atoms with van der Waals surface area (Å²) < 4.78 is 2.17. The van der Waals surface area contributed by atoms with Crippen LogP contribution in [0.4, 0.5) is 0 Å². The van der Waals surface area contributed by atoms with E-state index in [1.165, 1.54) is 0 Å². The van der Waals surface area contributed by atoms with Gasteiger partial charge in [0.05, 0.1) is 6.04 Å². The zero-order valence-electron chi connectivity index (χ0n) is 6.68. The maximum Gasteiger partial charge on any atom is 0.141 e. The van der Waals surface area contributed by atoms with Gasteiger partial charge in [-0.15, -0.1) is 0 Å². The van der Waals surface area contributed by atoms with E-state index in [1.54, 1.807) is 0 Å². The van der Waals surface area contributed by atoms with Crippen LogP contribution in [-0.2, 0) is 12.8 Å². The molecule has 0 fully saturated rings. The van der Waals surface area contributed by atoms with E-state index in [-0.39, 0.29) is 0 Å². The Bertz CT molecular complexity index is 77.4. The molecule has 56 valence electrons. The Morgan fingerprint density at radius 2 is 2.00 bits per heavy atom. The molecule has 0 saturated carbocycles. The highest BCUT2D eigenvalue weighted by Crippen LogP contribution is 1.91. The molecule has 0 spiro atoms. The van der Waals surface area contributed by atoms with E-state index in [4.69, 9.17) is 0 Å². The zero-order valence-corrected chi connectivity index (χ0v) is 9.68. The Morgan fingerprint density at radius 3 is 2.11 bits per heavy atom. The molecule has 0 saturated heterocycles. The van der Waals surface area contributed by atoms with Crippen LogP contribution in [-0.4, -0.2) is 46.0 Å². The smallest absolute Gasteiger partial charge is 0.141 e. The van der Waals surface area contributed by atoms with Gasteiger partial charge < -0.3 is 4.90 Å². The van der Waals surface area contributed by atoms with Gasteiger partial charge in [0.2, 0.25) is 0 Å². The molecule has 0 aliphatic heterocycles. The third kappa shape index (κ3) is 4.96. The van der Waals surface area contributed by atoms with Gasteiger partial charge in [0.25, 0.3) is 0 Å². The Morgan fingerprint density at radius 1 is 1.56 bits per heavy atom. The number of hydrogen-bond donors (Lipinski definition) is 0. The summed E-state index contributed by atoms with van der Waals surface area (Å²) in [5.74, 6) is 0. The summed E-state index contributed by atoms with van der Waals surface area (Å²) >= 11 is 3.48. The SMILES string of the molecule is CC(CN(C)C)N([SiH3])[SH2+]. The second-order valence-electron chi connectivity index (χ2n) is 2.72. The van der Waals surface area contributed by atoms with Gasteiger partial charge >= 0.3 is 0 Å². The normalized spacial score (nSPS) is 15.3. The van der Waals surface area contributed by atoms with E-state index < -0.39 is 0 Å². The van der Waals surface area contributed by atoms with Crippen molar-refractivity contribution in [1.29, 1.82) is 0 Å². The average Bonchev–Trinajstić information content (AvgIpc) is 1.63. The van der Waals surface area contributed by atoms with Crippen LogP contribution in [0.3, 0.4) is 0 Å². The van der Waals surface area contributed by atoms with Crippen LogP contribution in [0.5, 0.6) is 0 Å². The van der Waals surface area contributed by atoms with Crippen molar-refractivity contribution in [3.8, 4) is 0 Å². The highest BCUT2D eigenvalue weighted by molar-refractivity contribution is 7.57. The highest BCUT2D eigenvalue weighted by atomic mass is 32.1. The molecule has 0 radical (unpaired) electrons. The highest BCUT2D eigenvalue weighted by Gasteiger charge is 2.08. The Labute approximate surface area is 66.3 Å². The minimum absolute atomic E-state index is 0.628. The van der Waals surface area contributed by atoms with Crippen LogP contribution in [0.15, 0.2) is 0 Å². The molecule has 0 bridgehead atoms. The minimum Gasteiger partial charge on any atom is -0.308 e. The molecule has 0 N–H and O–H groups in total. The van der Waals surface area contributed by atoms with Gasteiger partial charge in [-0.05, 0) is 21.0 Å².